The molecule has 194 valence electrons. The van der Waals surface area contributed by atoms with Crippen LogP contribution in [0.25, 0.3) is 0 Å². The van der Waals surface area contributed by atoms with Gasteiger partial charge >= 0.3 is 5.97 Å². The molecular weight excluding hydrogens is 462 g/mol. The Labute approximate surface area is 202 Å². The number of rotatable bonds is 14. The van der Waals surface area contributed by atoms with Gasteiger partial charge in [0, 0.05) is 12.8 Å². The van der Waals surface area contributed by atoms with Crippen LogP contribution in [0.3, 0.4) is 0 Å². The lowest BCUT2D eigenvalue weighted by Crippen LogP contribution is -2.59. The summed E-state index contributed by atoms with van der Waals surface area (Å²) in [5, 5.41) is 35.4. The molecule has 1 aromatic carbocycles. The van der Waals surface area contributed by atoms with Gasteiger partial charge in [-0.25, -0.2) is 4.79 Å². The van der Waals surface area contributed by atoms with Crippen molar-refractivity contribution in [3.05, 3.63) is 35.9 Å². The number of carboxylic acids is 1. The van der Waals surface area contributed by atoms with Crippen LogP contribution >= 0.6 is 0 Å². The SMILES string of the molecule is CC(O)C(N)C(=O)NC(Cc1ccccc1)C(=O)NC(CCC(N)=O)C(=O)NC(C(=O)O)C(C)O. The molecule has 35 heavy (non-hydrogen) atoms. The van der Waals surface area contributed by atoms with Crippen LogP contribution in [0.15, 0.2) is 30.3 Å². The average molecular weight is 496 g/mol. The van der Waals surface area contributed by atoms with E-state index in [0.29, 0.717) is 5.56 Å². The number of benzene rings is 1. The topological polar surface area (TPSA) is 234 Å². The van der Waals surface area contributed by atoms with Gasteiger partial charge in [0.15, 0.2) is 6.04 Å². The van der Waals surface area contributed by atoms with E-state index in [1.807, 2.05) is 0 Å². The standard InChI is InChI=1S/C22H33N5O8/c1-11(28)17(24)21(33)26-15(10-13-6-4-3-5-7-13)20(32)25-14(8-9-16(23)30)19(31)27-18(12(2)29)22(34)35/h3-7,11-12,14-15,17-18,28-29H,8-10,24H2,1-2H3,(H2,23,30)(H,25,32)(H,26,33)(H,27,31)(H,34,35). The molecule has 0 aliphatic rings. The fraction of sp³-hybridized carbons (Fsp3) is 0.500. The van der Waals surface area contributed by atoms with E-state index in [4.69, 9.17) is 11.5 Å². The monoisotopic (exact) mass is 495 g/mol. The average Bonchev–Trinajstić information content (AvgIpc) is 2.78. The van der Waals surface area contributed by atoms with E-state index in [0.717, 1.165) is 6.92 Å². The molecule has 0 saturated carbocycles. The summed E-state index contributed by atoms with van der Waals surface area (Å²) in [4.78, 5) is 60.8. The number of amides is 4. The predicted molar refractivity (Wildman–Crippen MR) is 123 cm³/mol. The van der Waals surface area contributed by atoms with Crippen molar-refractivity contribution < 1.29 is 39.3 Å². The summed E-state index contributed by atoms with van der Waals surface area (Å²) in [6, 6.07) is 2.99. The van der Waals surface area contributed by atoms with Gasteiger partial charge in [-0.2, -0.15) is 0 Å². The summed E-state index contributed by atoms with van der Waals surface area (Å²) in [7, 11) is 0. The number of aliphatic hydroxyl groups excluding tert-OH is 2. The number of hydrogen-bond donors (Lipinski definition) is 8. The van der Waals surface area contributed by atoms with Gasteiger partial charge in [-0.1, -0.05) is 30.3 Å². The highest BCUT2D eigenvalue weighted by Gasteiger charge is 2.32. The first-order chi connectivity index (χ1) is 16.3. The highest BCUT2D eigenvalue weighted by Crippen LogP contribution is 2.07. The number of nitrogens with one attached hydrogen (secondary N) is 3. The van der Waals surface area contributed by atoms with E-state index in [1.54, 1.807) is 30.3 Å². The fourth-order valence-electron chi connectivity index (χ4n) is 3.02. The number of aliphatic carboxylic acids is 1. The maximum atomic E-state index is 13.1. The Morgan fingerprint density at radius 2 is 1.40 bits per heavy atom. The van der Waals surface area contributed by atoms with E-state index in [2.05, 4.69) is 16.0 Å². The molecular formula is C22H33N5O8. The largest absolute Gasteiger partial charge is 0.480 e. The maximum Gasteiger partial charge on any atom is 0.328 e. The molecule has 0 radical (unpaired) electrons. The second kappa shape index (κ2) is 14.0. The Morgan fingerprint density at radius 3 is 1.89 bits per heavy atom. The first-order valence-electron chi connectivity index (χ1n) is 10.9. The van der Waals surface area contributed by atoms with E-state index < -0.39 is 66.0 Å². The van der Waals surface area contributed by atoms with Crippen molar-refractivity contribution in [1.29, 1.82) is 0 Å². The number of aliphatic hydroxyl groups is 2. The highest BCUT2D eigenvalue weighted by molar-refractivity contribution is 5.94. The zero-order valence-electron chi connectivity index (χ0n) is 19.5. The van der Waals surface area contributed by atoms with Crippen LogP contribution < -0.4 is 27.4 Å². The normalized spacial score (nSPS) is 16.0. The van der Waals surface area contributed by atoms with Crippen molar-refractivity contribution in [2.45, 2.75) is 69.5 Å². The van der Waals surface area contributed by atoms with Gasteiger partial charge in [0.2, 0.25) is 23.6 Å². The molecule has 0 bridgehead atoms. The van der Waals surface area contributed by atoms with Gasteiger partial charge in [-0.15, -0.1) is 0 Å². The summed E-state index contributed by atoms with van der Waals surface area (Å²) in [5.41, 5.74) is 11.5. The number of primary amides is 1. The summed E-state index contributed by atoms with van der Waals surface area (Å²) < 4.78 is 0. The minimum Gasteiger partial charge on any atom is -0.480 e. The van der Waals surface area contributed by atoms with E-state index in [1.165, 1.54) is 6.92 Å². The minimum absolute atomic E-state index is 0.000522. The van der Waals surface area contributed by atoms with Crippen LogP contribution in [0, 0.1) is 0 Å². The Bertz CT molecular complexity index is 893. The summed E-state index contributed by atoms with van der Waals surface area (Å²) in [5.74, 6) is -4.88. The first-order valence-corrected chi connectivity index (χ1v) is 10.9. The Balaban J connectivity index is 3.14. The second-order valence-corrected chi connectivity index (χ2v) is 8.15. The van der Waals surface area contributed by atoms with Crippen LogP contribution in [-0.4, -0.2) is 81.3 Å². The van der Waals surface area contributed by atoms with Gasteiger partial charge in [-0.05, 0) is 25.8 Å². The van der Waals surface area contributed by atoms with Crippen LogP contribution in [0.4, 0.5) is 0 Å². The third-order valence-electron chi connectivity index (χ3n) is 5.10. The molecule has 4 amide bonds. The third kappa shape index (κ3) is 10.1. The molecule has 13 nitrogen and oxygen atoms in total. The number of hydrogen-bond acceptors (Lipinski definition) is 8. The zero-order chi connectivity index (χ0) is 26.7. The lowest BCUT2D eigenvalue weighted by Gasteiger charge is -2.26. The van der Waals surface area contributed by atoms with Crippen molar-refractivity contribution in [2.75, 3.05) is 0 Å². The molecule has 6 unspecified atom stereocenters. The van der Waals surface area contributed by atoms with Crippen molar-refractivity contribution in [2.24, 2.45) is 11.5 Å². The van der Waals surface area contributed by atoms with Gasteiger partial charge in [-0.3, -0.25) is 19.2 Å². The number of carboxylic acid groups (broad SMARTS) is 1. The molecule has 0 spiro atoms. The van der Waals surface area contributed by atoms with Crippen LogP contribution in [-0.2, 0) is 30.4 Å². The summed E-state index contributed by atoms with van der Waals surface area (Å²) in [6.45, 7) is 2.47. The van der Waals surface area contributed by atoms with Crippen LogP contribution in [0.2, 0.25) is 0 Å². The number of carbonyl (C=O) groups is 5. The van der Waals surface area contributed by atoms with E-state index in [9.17, 15) is 39.3 Å². The predicted octanol–water partition coefficient (Wildman–Crippen LogP) is -2.88. The summed E-state index contributed by atoms with van der Waals surface area (Å²) in [6.07, 6.45) is -3.22. The molecule has 0 aliphatic heterocycles. The smallest absolute Gasteiger partial charge is 0.328 e. The molecule has 0 aromatic heterocycles. The van der Waals surface area contributed by atoms with E-state index in [-0.39, 0.29) is 19.3 Å². The lowest BCUT2D eigenvalue weighted by atomic mass is 10.0. The van der Waals surface area contributed by atoms with E-state index >= 15 is 0 Å². The maximum absolute atomic E-state index is 13.1. The lowest BCUT2D eigenvalue weighted by molar-refractivity contribution is -0.145. The number of nitrogens with two attached hydrogens (primary N) is 2. The Morgan fingerprint density at radius 1 is 0.857 bits per heavy atom. The molecule has 0 fully saturated rings. The number of carbonyl (C=O) groups excluding carboxylic acids is 4. The summed E-state index contributed by atoms with van der Waals surface area (Å²) >= 11 is 0. The van der Waals surface area contributed by atoms with Gasteiger partial charge < -0.3 is 42.7 Å². The van der Waals surface area contributed by atoms with Crippen LogP contribution in [0.1, 0.15) is 32.3 Å². The van der Waals surface area contributed by atoms with Crippen molar-refractivity contribution in [3.63, 3.8) is 0 Å². The molecule has 0 heterocycles. The molecule has 13 heteroatoms. The quantitative estimate of drug-likeness (QED) is 0.132. The Hall–Kier alpha value is -3.55. The molecule has 0 aliphatic carbocycles. The molecule has 1 rings (SSSR count). The third-order valence-corrected chi connectivity index (χ3v) is 5.10. The molecule has 6 atom stereocenters. The first kappa shape index (κ1) is 29.5. The zero-order valence-corrected chi connectivity index (χ0v) is 19.5. The molecule has 1 aromatic rings. The Kier molecular flexibility index (Phi) is 11.8. The van der Waals surface area contributed by atoms with Gasteiger partial charge in [0.25, 0.3) is 0 Å². The van der Waals surface area contributed by atoms with Gasteiger partial charge in [0.05, 0.1) is 12.2 Å². The molecule has 0 saturated heterocycles. The van der Waals surface area contributed by atoms with Crippen LogP contribution in [0.5, 0.6) is 0 Å². The fourth-order valence-corrected chi connectivity index (χ4v) is 3.02. The van der Waals surface area contributed by atoms with Gasteiger partial charge in [0.1, 0.15) is 18.1 Å². The highest BCUT2D eigenvalue weighted by atomic mass is 16.4. The van der Waals surface area contributed by atoms with Crippen molar-refractivity contribution in [1.82, 2.24) is 16.0 Å². The van der Waals surface area contributed by atoms with Crippen molar-refractivity contribution >= 4 is 29.6 Å². The van der Waals surface area contributed by atoms with Crippen molar-refractivity contribution in [3.8, 4) is 0 Å². The minimum atomic E-state index is -1.67. The molecule has 10 N–H and O–H groups in total. The second-order valence-electron chi connectivity index (χ2n) is 8.15.